The van der Waals surface area contributed by atoms with Crippen molar-refractivity contribution in [1.82, 2.24) is 0 Å². The Kier molecular flexibility index (Phi) is 10.8. The van der Waals surface area contributed by atoms with Gasteiger partial charge >= 0.3 is 0 Å². The Labute approximate surface area is 305 Å². The van der Waals surface area contributed by atoms with E-state index in [0.29, 0.717) is 5.56 Å². The minimum atomic E-state index is -0.150. The summed E-state index contributed by atoms with van der Waals surface area (Å²) in [5.41, 5.74) is 13.2. The van der Waals surface area contributed by atoms with E-state index in [9.17, 15) is 4.39 Å². The third kappa shape index (κ3) is 7.83. The first kappa shape index (κ1) is 35.8. The van der Waals surface area contributed by atoms with Crippen molar-refractivity contribution in [2.24, 2.45) is 0 Å². The van der Waals surface area contributed by atoms with Crippen molar-refractivity contribution in [3.05, 3.63) is 184 Å². The van der Waals surface area contributed by atoms with Gasteiger partial charge in [0.25, 0.3) is 0 Å². The van der Waals surface area contributed by atoms with E-state index in [1.165, 1.54) is 60.8 Å². The summed E-state index contributed by atoms with van der Waals surface area (Å²) in [6.45, 7) is 14.5. The van der Waals surface area contributed by atoms with Gasteiger partial charge in [0.1, 0.15) is 5.82 Å². The average molecular weight is 688 g/mol. The van der Waals surface area contributed by atoms with Crippen LogP contribution in [0.5, 0.6) is 0 Å². The molecule has 0 bridgehead atoms. The first-order valence-corrected chi connectivity index (χ1v) is 18.4. The van der Waals surface area contributed by atoms with Crippen LogP contribution in [0, 0.1) is 54.3 Å². The van der Waals surface area contributed by atoms with Gasteiger partial charge in [-0.1, -0.05) is 130 Å². The Bertz CT molecular complexity index is 2260. The van der Waals surface area contributed by atoms with Gasteiger partial charge in [0, 0.05) is 16.8 Å². The number of benzene rings is 8. The van der Waals surface area contributed by atoms with Crippen molar-refractivity contribution in [3.63, 3.8) is 0 Å². The van der Waals surface area contributed by atoms with Crippen LogP contribution >= 0.6 is 9.24 Å². The predicted octanol–water partition coefficient (Wildman–Crippen LogP) is 14.1. The lowest BCUT2D eigenvalue weighted by Gasteiger charge is -2.30. The number of rotatable bonds is 4. The molecular weight excluding hydrogens is 641 g/mol. The van der Waals surface area contributed by atoms with Gasteiger partial charge in [-0.15, -0.1) is 9.24 Å². The van der Waals surface area contributed by atoms with Gasteiger partial charge in [-0.2, -0.15) is 0 Å². The molecule has 8 aromatic carbocycles. The molecule has 256 valence electrons. The Morgan fingerprint density at radius 1 is 0.451 bits per heavy atom. The van der Waals surface area contributed by atoms with E-state index in [0.717, 1.165) is 33.7 Å². The van der Waals surface area contributed by atoms with E-state index in [1.807, 2.05) is 6.92 Å². The maximum Gasteiger partial charge on any atom is 0.127 e. The summed E-state index contributed by atoms with van der Waals surface area (Å²) in [7, 11) is 2.91. The summed E-state index contributed by atoms with van der Waals surface area (Å²) in [5, 5.41) is 6.65. The topological polar surface area (TPSA) is 3.24 Å². The number of halogens is 1. The molecule has 1 nitrogen and oxygen atoms in total. The number of nitrogens with zero attached hydrogens (tertiary/aromatic N) is 1. The Morgan fingerprint density at radius 2 is 0.804 bits per heavy atom. The number of aryl methyl sites for hydroxylation is 7. The molecule has 3 heteroatoms. The maximum atomic E-state index is 14.7. The molecular formula is C48H47FNP. The lowest BCUT2D eigenvalue weighted by Crippen LogP contribution is -2.13. The summed E-state index contributed by atoms with van der Waals surface area (Å²) in [6.07, 6.45) is 0.827. The fraction of sp³-hybridized carbons (Fsp3) is 0.167. The van der Waals surface area contributed by atoms with E-state index in [1.54, 1.807) is 6.07 Å². The fourth-order valence-electron chi connectivity index (χ4n) is 6.59. The average Bonchev–Trinajstić information content (AvgIpc) is 3.13. The molecule has 8 rings (SSSR count). The summed E-state index contributed by atoms with van der Waals surface area (Å²) in [5.74, 6) is -0.150. The number of anilines is 3. The lowest BCUT2D eigenvalue weighted by molar-refractivity contribution is 0.622. The maximum absolute atomic E-state index is 14.7. The Balaban J connectivity index is 0.000000230. The van der Waals surface area contributed by atoms with Crippen LogP contribution in [0.3, 0.4) is 0 Å². The van der Waals surface area contributed by atoms with E-state index in [4.69, 9.17) is 0 Å². The quantitative estimate of drug-likeness (QED) is 0.131. The lowest BCUT2D eigenvalue weighted by atomic mass is 9.89. The van der Waals surface area contributed by atoms with E-state index >= 15 is 0 Å². The van der Waals surface area contributed by atoms with E-state index in [2.05, 4.69) is 183 Å². The molecule has 0 aliphatic heterocycles. The standard InChI is InChI=1S/C32H27FNP.2C8H10/c1-19-4-10-25(11-5-19)34(26-12-6-20(2)7-13-26)32-24(18-35)16-22-8-9-23-17-29(33)21(3)27-14-15-28(32)31(22)30(23)27;2*1-7-3-5-8(2)6-4-7/h4-17H,18,35H2,1-3H3;2*3-6H,1-2H3. The second kappa shape index (κ2) is 15.5. The molecule has 0 saturated heterocycles. The SMILES string of the molecule is Cc1ccc(C)cc1.Cc1ccc(C)cc1.Cc1ccc(N(c2ccc(C)cc2)c2c(CP)cc3ccc4cc(F)c(C)c5ccc2c3c45)cc1. The van der Waals surface area contributed by atoms with Crippen LogP contribution in [0.2, 0.25) is 0 Å². The van der Waals surface area contributed by atoms with Crippen molar-refractivity contribution in [2.45, 2.75) is 54.6 Å². The molecule has 0 aliphatic rings. The van der Waals surface area contributed by atoms with Crippen LogP contribution in [0.15, 0.2) is 133 Å². The zero-order valence-corrected chi connectivity index (χ0v) is 32.0. The molecule has 0 spiro atoms. The molecule has 1 unspecified atom stereocenters. The first-order valence-electron chi connectivity index (χ1n) is 17.6. The molecule has 51 heavy (non-hydrogen) atoms. The second-order valence-corrected chi connectivity index (χ2v) is 14.2. The third-order valence-corrected chi connectivity index (χ3v) is 10.1. The van der Waals surface area contributed by atoms with Gasteiger partial charge in [0.05, 0.1) is 5.69 Å². The fourth-order valence-corrected chi connectivity index (χ4v) is 6.90. The molecule has 8 aromatic rings. The van der Waals surface area contributed by atoms with Gasteiger partial charge < -0.3 is 4.90 Å². The Hall–Kier alpha value is -5.04. The van der Waals surface area contributed by atoms with Gasteiger partial charge in [-0.25, -0.2) is 4.39 Å². The highest BCUT2D eigenvalue weighted by Crippen LogP contribution is 2.47. The number of hydrogen-bond donors (Lipinski definition) is 0. The summed E-state index contributed by atoms with van der Waals surface area (Å²) >= 11 is 0. The minimum Gasteiger partial charge on any atom is -0.310 e. The summed E-state index contributed by atoms with van der Waals surface area (Å²) < 4.78 is 14.7. The van der Waals surface area contributed by atoms with Crippen LogP contribution in [0.1, 0.15) is 44.5 Å². The van der Waals surface area contributed by atoms with Crippen molar-refractivity contribution in [1.29, 1.82) is 0 Å². The highest BCUT2D eigenvalue weighted by atomic mass is 31.0. The zero-order chi connectivity index (χ0) is 36.2. The van der Waals surface area contributed by atoms with Crippen LogP contribution in [-0.2, 0) is 6.16 Å². The smallest absolute Gasteiger partial charge is 0.127 e. The van der Waals surface area contributed by atoms with Crippen LogP contribution in [-0.4, -0.2) is 0 Å². The molecule has 0 radical (unpaired) electrons. The zero-order valence-electron chi connectivity index (χ0n) is 30.8. The third-order valence-electron chi connectivity index (χ3n) is 9.62. The van der Waals surface area contributed by atoms with Gasteiger partial charge in [0.15, 0.2) is 0 Å². The van der Waals surface area contributed by atoms with Gasteiger partial charge in [0.2, 0.25) is 0 Å². The van der Waals surface area contributed by atoms with Crippen molar-refractivity contribution in [3.8, 4) is 0 Å². The van der Waals surface area contributed by atoms with E-state index in [-0.39, 0.29) is 5.82 Å². The molecule has 0 amide bonds. The molecule has 0 aliphatic carbocycles. The molecule has 0 fully saturated rings. The molecule has 0 aromatic heterocycles. The van der Waals surface area contributed by atoms with Crippen LogP contribution < -0.4 is 4.90 Å². The highest BCUT2D eigenvalue weighted by molar-refractivity contribution is 7.15. The van der Waals surface area contributed by atoms with Crippen molar-refractivity contribution in [2.75, 3.05) is 4.90 Å². The molecule has 0 heterocycles. The second-order valence-electron chi connectivity index (χ2n) is 13.8. The highest BCUT2D eigenvalue weighted by Gasteiger charge is 2.22. The normalized spacial score (nSPS) is 10.9. The van der Waals surface area contributed by atoms with Crippen molar-refractivity contribution >= 4 is 58.6 Å². The van der Waals surface area contributed by atoms with Gasteiger partial charge in [-0.3, -0.25) is 0 Å². The summed E-state index contributed by atoms with van der Waals surface area (Å²) in [4.78, 5) is 2.37. The van der Waals surface area contributed by atoms with E-state index < -0.39 is 0 Å². The minimum absolute atomic E-state index is 0.150. The summed E-state index contributed by atoms with van der Waals surface area (Å²) in [6, 6.07) is 46.9. The van der Waals surface area contributed by atoms with Crippen LogP contribution in [0.4, 0.5) is 21.5 Å². The first-order chi connectivity index (χ1) is 24.5. The molecule has 0 saturated carbocycles. The van der Waals surface area contributed by atoms with Gasteiger partial charge in [-0.05, 0) is 129 Å². The molecule has 0 N–H and O–H groups in total. The van der Waals surface area contributed by atoms with Crippen LogP contribution in [0.25, 0.3) is 32.3 Å². The van der Waals surface area contributed by atoms with Crippen molar-refractivity contribution < 1.29 is 4.39 Å². The monoisotopic (exact) mass is 687 g/mol. The number of hydrogen-bond acceptors (Lipinski definition) is 1. The predicted molar refractivity (Wildman–Crippen MR) is 224 cm³/mol. The largest absolute Gasteiger partial charge is 0.310 e. The molecule has 1 atom stereocenters. The Morgan fingerprint density at radius 3 is 1.22 bits per heavy atom.